The summed E-state index contributed by atoms with van der Waals surface area (Å²) < 4.78 is 0. The summed E-state index contributed by atoms with van der Waals surface area (Å²) in [7, 11) is 1.59. The third kappa shape index (κ3) is 5.69. The van der Waals surface area contributed by atoms with Crippen molar-refractivity contribution in [2.75, 3.05) is 7.05 Å². The zero-order valence-electron chi connectivity index (χ0n) is 13.1. The Hall–Kier alpha value is -2.14. The van der Waals surface area contributed by atoms with Crippen molar-refractivity contribution in [1.82, 2.24) is 10.9 Å². The fourth-order valence-electron chi connectivity index (χ4n) is 2.39. The van der Waals surface area contributed by atoms with Crippen LogP contribution in [0, 0.1) is 11.8 Å². The van der Waals surface area contributed by atoms with Crippen LogP contribution in [0.4, 0.5) is 0 Å². The van der Waals surface area contributed by atoms with E-state index in [1.807, 2.05) is 49.4 Å². The molecule has 0 aliphatic carbocycles. The van der Waals surface area contributed by atoms with E-state index in [2.05, 4.69) is 10.9 Å². The van der Waals surface area contributed by atoms with E-state index in [0.717, 1.165) is 12.0 Å². The molecular formula is C17H24N2O3. The summed E-state index contributed by atoms with van der Waals surface area (Å²) in [5, 5.41) is 9.45. The maximum absolute atomic E-state index is 12.1. The number of aliphatic carboxylic acids is 1. The minimum Gasteiger partial charge on any atom is -0.481 e. The van der Waals surface area contributed by atoms with Gasteiger partial charge in [0.05, 0.1) is 11.8 Å². The topological polar surface area (TPSA) is 78.4 Å². The standard InChI is InChI=1S/C17H24N2O3/c1-3-8-14(16(20)19-18-2)15(17(21)22)12-7-11-13-9-5-4-6-10-13/h4-7,9-11,14-15,18H,3,8,12H2,1-2H3,(H,19,20)(H,21,22)/t14-,15+/m1/s1. The second-order valence-corrected chi connectivity index (χ2v) is 5.13. The minimum absolute atomic E-state index is 0.273. The van der Waals surface area contributed by atoms with Crippen LogP contribution in [0.3, 0.4) is 0 Å². The van der Waals surface area contributed by atoms with Gasteiger partial charge in [0.2, 0.25) is 5.91 Å². The Bertz CT molecular complexity index is 500. The van der Waals surface area contributed by atoms with Gasteiger partial charge in [-0.05, 0) is 18.4 Å². The molecule has 3 N–H and O–H groups in total. The number of hydrazine groups is 1. The molecule has 22 heavy (non-hydrogen) atoms. The van der Waals surface area contributed by atoms with E-state index in [1.54, 1.807) is 7.05 Å². The Morgan fingerprint density at radius 1 is 1.23 bits per heavy atom. The highest BCUT2D eigenvalue weighted by molar-refractivity contribution is 5.84. The van der Waals surface area contributed by atoms with Gasteiger partial charge in [-0.2, -0.15) is 0 Å². The molecular weight excluding hydrogens is 280 g/mol. The molecule has 5 nitrogen and oxygen atoms in total. The van der Waals surface area contributed by atoms with Crippen LogP contribution in [0.5, 0.6) is 0 Å². The number of amides is 1. The van der Waals surface area contributed by atoms with Gasteiger partial charge < -0.3 is 5.11 Å². The fourth-order valence-corrected chi connectivity index (χ4v) is 2.39. The largest absolute Gasteiger partial charge is 0.481 e. The van der Waals surface area contributed by atoms with Crippen LogP contribution in [0.1, 0.15) is 31.7 Å². The number of carboxylic acid groups (broad SMARTS) is 1. The number of rotatable bonds is 9. The smallest absolute Gasteiger partial charge is 0.307 e. The lowest BCUT2D eigenvalue weighted by Crippen LogP contribution is -2.43. The molecule has 0 aliphatic heterocycles. The molecule has 5 heteroatoms. The summed E-state index contributed by atoms with van der Waals surface area (Å²) >= 11 is 0. The number of hydrogen-bond donors (Lipinski definition) is 3. The van der Waals surface area contributed by atoms with Crippen LogP contribution in [-0.2, 0) is 9.59 Å². The van der Waals surface area contributed by atoms with Crippen molar-refractivity contribution >= 4 is 18.0 Å². The van der Waals surface area contributed by atoms with Crippen molar-refractivity contribution in [1.29, 1.82) is 0 Å². The minimum atomic E-state index is -0.942. The molecule has 0 unspecified atom stereocenters. The second kappa shape index (κ2) is 9.73. The van der Waals surface area contributed by atoms with Gasteiger partial charge in [-0.25, -0.2) is 5.43 Å². The van der Waals surface area contributed by atoms with E-state index in [1.165, 1.54) is 0 Å². The molecule has 0 spiro atoms. The summed E-state index contributed by atoms with van der Waals surface area (Å²) in [4.78, 5) is 23.6. The normalized spacial score (nSPS) is 13.7. The van der Waals surface area contributed by atoms with Gasteiger partial charge in [-0.3, -0.25) is 15.0 Å². The van der Waals surface area contributed by atoms with Crippen molar-refractivity contribution in [2.24, 2.45) is 11.8 Å². The van der Waals surface area contributed by atoms with Crippen LogP contribution in [0.15, 0.2) is 36.4 Å². The molecule has 120 valence electrons. The number of carbonyl (C=O) groups excluding carboxylic acids is 1. The van der Waals surface area contributed by atoms with Gasteiger partial charge in [0.1, 0.15) is 0 Å². The second-order valence-electron chi connectivity index (χ2n) is 5.13. The van der Waals surface area contributed by atoms with E-state index in [9.17, 15) is 14.7 Å². The average molecular weight is 304 g/mol. The fraction of sp³-hybridized carbons (Fsp3) is 0.412. The van der Waals surface area contributed by atoms with Crippen LogP contribution in [0.25, 0.3) is 6.08 Å². The van der Waals surface area contributed by atoms with Crippen molar-refractivity contribution in [3.8, 4) is 0 Å². The highest BCUT2D eigenvalue weighted by Gasteiger charge is 2.31. The van der Waals surface area contributed by atoms with Crippen LogP contribution >= 0.6 is 0 Å². The highest BCUT2D eigenvalue weighted by atomic mass is 16.4. The Morgan fingerprint density at radius 3 is 2.45 bits per heavy atom. The van der Waals surface area contributed by atoms with Gasteiger partial charge in [0, 0.05) is 7.05 Å². The van der Waals surface area contributed by atoms with Crippen LogP contribution in [0.2, 0.25) is 0 Å². The number of carboxylic acids is 1. The lowest BCUT2D eigenvalue weighted by Gasteiger charge is -2.21. The van der Waals surface area contributed by atoms with Crippen LogP contribution in [-0.4, -0.2) is 24.0 Å². The molecule has 0 fully saturated rings. The summed E-state index contributed by atoms with van der Waals surface area (Å²) in [5.74, 6) is -2.49. The first-order chi connectivity index (χ1) is 10.6. The van der Waals surface area contributed by atoms with Crippen molar-refractivity contribution in [3.63, 3.8) is 0 Å². The van der Waals surface area contributed by atoms with Crippen LogP contribution < -0.4 is 10.9 Å². The molecule has 1 rings (SSSR count). The molecule has 0 radical (unpaired) electrons. The number of nitrogens with one attached hydrogen (secondary N) is 2. The third-order valence-electron chi connectivity index (χ3n) is 3.49. The number of hydrogen-bond acceptors (Lipinski definition) is 3. The first-order valence-corrected chi connectivity index (χ1v) is 7.51. The lowest BCUT2D eigenvalue weighted by atomic mass is 9.85. The first-order valence-electron chi connectivity index (χ1n) is 7.51. The number of benzene rings is 1. The summed E-state index contributed by atoms with van der Waals surface area (Å²) in [6.07, 6.45) is 5.34. The molecule has 1 aromatic carbocycles. The molecule has 1 amide bonds. The van der Waals surface area contributed by atoms with E-state index >= 15 is 0 Å². The summed E-state index contributed by atoms with van der Waals surface area (Å²) in [6, 6.07) is 9.67. The molecule has 1 aromatic rings. The van der Waals surface area contributed by atoms with Crippen molar-refractivity contribution < 1.29 is 14.7 Å². The Morgan fingerprint density at radius 2 is 1.91 bits per heavy atom. The van der Waals surface area contributed by atoms with E-state index < -0.39 is 17.8 Å². The Kier molecular flexibility index (Phi) is 7.92. The maximum Gasteiger partial charge on any atom is 0.307 e. The molecule has 0 heterocycles. The van der Waals surface area contributed by atoms with E-state index in [0.29, 0.717) is 12.8 Å². The zero-order valence-corrected chi connectivity index (χ0v) is 13.1. The maximum atomic E-state index is 12.1. The zero-order chi connectivity index (χ0) is 16.4. The predicted molar refractivity (Wildman–Crippen MR) is 86.8 cm³/mol. The molecule has 0 saturated heterocycles. The summed E-state index contributed by atoms with van der Waals surface area (Å²) in [5.41, 5.74) is 6.08. The van der Waals surface area contributed by atoms with Gasteiger partial charge in [0.25, 0.3) is 0 Å². The average Bonchev–Trinajstić information content (AvgIpc) is 2.51. The Balaban J connectivity index is 2.79. The first kappa shape index (κ1) is 17.9. The Labute approximate surface area is 131 Å². The quantitative estimate of drug-likeness (QED) is 0.612. The number of allylic oxidation sites excluding steroid dienone is 1. The van der Waals surface area contributed by atoms with Gasteiger partial charge in [-0.1, -0.05) is 55.8 Å². The predicted octanol–water partition coefficient (Wildman–Crippen LogP) is 2.46. The van der Waals surface area contributed by atoms with Gasteiger partial charge in [-0.15, -0.1) is 0 Å². The SMILES string of the molecule is CCC[C@@H](C(=O)NNC)[C@H](CC=Cc1ccccc1)C(=O)O. The monoisotopic (exact) mass is 304 g/mol. The van der Waals surface area contributed by atoms with E-state index in [-0.39, 0.29) is 5.91 Å². The lowest BCUT2D eigenvalue weighted by molar-refractivity contribution is -0.147. The molecule has 2 atom stereocenters. The van der Waals surface area contributed by atoms with E-state index in [4.69, 9.17) is 0 Å². The number of carbonyl (C=O) groups is 2. The van der Waals surface area contributed by atoms with Gasteiger partial charge >= 0.3 is 5.97 Å². The molecule has 0 bridgehead atoms. The molecule has 0 saturated carbocycles. The van der Waals surface area contributed by atoms with Gasteiger partial charge in [0.15, 0.2) is 0 Å². The van der Waals surface area contributed by atoms with Crippen molar-refractivity contribution in [2.45, 2.75) is 26.2 Å². The van der Waals surface area contributed by atoms with Crippen molar-refractivity contribution in [3.05, 3.63) is 42.0 Å². The molecule has 0 aliphatic rings. The third-order valence-corrected chi connectivity index (χ3v) is 3.49. The summed E-state index contributed by atoms with van der Waals surface area (Å²) in [6.45, 7) is 1.94. The highest BCUT2D eigenvalue weighted by Crippen LogP contribution is 2.23. The molecule has 0 aromatic heterocycles.